The maximum atomic E-state index is 2.47. The molecule has 1 heterocycles. The molecule has 55 heavy (non-hydrogen) atoms. The SMILES string of the molecule is C1=C(c2ccc3c(c2)c2cc(-c4ccccc4)ccc2n3-c2ccccc2)C=C(c2c3ccccc3c(-c3ccc4ccccc4c3)c3ccccc23)CC1. The van der Waals surface area contributed by atoms with Crippen molar-refractivity contribution in [3.05, 3.63) is 211 Å². The highest BCUT2D eigenvalue weighted by Crippen LogP contribution is 2.45. The van der Waals surface area contributed by atoms with Gasteiger partial charge in [0, 0.05) is 16.5 Å². The van der Waals surface area contributed by atoms with Crippen LogP contribution in [-0.2, 0) is 0 Å². The number of para-hydroxylation sites is 1. The van der Waals surface area contributed by atoms with E-state index in [-0.39, 0.29) is 0 Å². The zero-order valence-electron chi connectivity index (χ0n) is 30.4. The molecule has 1 aliphatic carbocycles. The van der Waals surface area contributed by atoms with Gasteiger partial charge in [-0.05, 0) is 132 Å². The molecule has 0 N–H and O–H groups in total. The first kappa shape index (κ1) is 31.6. The standard InChI is InChI=1S/C54H37N/c1-3-14-36(15-4-1)40-28-30-51-49(34-40)50-35-41(29-31-52(50)55(51)44-20-5-2-6-21-44)39-18-13-19-42(33-39)53-45-22-9-11-24-47(45)54(48-25-12-10-23-46(48)53)43-27-26-37-16-7-8-17-38(37)32-43/h1-12,14-18,20-35H,13,19H2. The molecule has 0 amide bonds. The number of rotatable bonds is 5. The Morgan fingerprint density at radius 1 is 0.364 bits per heavy atom. The molecule has 10 aromatic rings. The molecular weight excluding hydrogens is 663 g/mol. The predicted molar refractivity (Wildman–Crippen MR) is 236 cm³/mol. The molecule has 258 valence electrons. The first-order chi connectivity index (χ1) is 27.3. The Labute approximate surface area is 320 Å². The van der Waals surface area contributed by atoms with Crippen LogP contribution in [0, 0.1) is 0 Å². The first-order valence-corrected chi connectivity index (χ1v) is 19.3. The number of aromatic nitrogens is 1. The number of fused-ring (bicyclic) bond motifs is 6. The van der Waals surface area contributed by atoms with Crippen LogP contribution < -0.4 is 0 Å². The molecule has 1 nitrogen and oxygen atoms in total. The number of hydrogen-bond donors (Lipinski definition) is 0. The van der Waals surface area contributed by atoms with E-state index in [1.807, 2.05) is 0 Å². The Bertz CT molecular complexity index is 3120. The summed E-state index contributed by atoms with van der Waals surface area (Å²) in [6, 6.07) is 69.1. The van der Waals surface area contributed by atoms with Crippen LogP contribution in [0.4, 0.5) is 0 Å². The molecule has 0 aliphatic heterocycles. The van der Waals surface area contributed by atoms with Crippen molar-refractivity contribution in [1.29, 1.82) is 0 Å². The second kappa shape index (κ2) is 12.9. The number of nitrogens with zero attached hydrogens (tertiary/aromatic N) is 1. The van der Waals surface area contributed by atoms with Crippen LogP contribution in [0.2, 0.25) is 0 Å². The quantitative estimate of drug-likeness (QED) is 0.158. The van der Waals surface area contributed by atoms with Gasteiger partial charge < -0.3 is 4.57 Å². The fourth-order valence-electron chi connectivity index (χ4n) is 9.10. The average Bonchev–Trinajstić information content (AvgIpc) is 3.59. The van der Waals surface area contributed by atoms with E-state index >= 15 is 0 Å². The summed E-state index contributed by atoms with van der Waals surface area (Å²) in [5, 5.41) is 10.3. The molecule has 1 aromatic heterocycles. The van der Waals surface area contributed by atoms with Gasteiger partial charge in [-0.1, -0.05) is 158 Å². The van der Waals surface area contributed by atoms with Crippen molar-refractivity contribution >= 4 is 65.3 Å². The molecule has 1 heteroatoms. The molecule has 0 unspecified atom stereocenters. The number of hydrogen-bond acceptors (Lipinski definition) is 0. The molecule has 0 spiro atoms. The van der Waals surface area contributed by atoms with Crippen LogP contribution in [0.1, 0.15) is 24.0 Å². The fraction of sp³-hybridized carbons (Fsp3) is 0.0370. The molecule has 0 fully saturated rings. The summed E-state index contributed by atoms with van der Waals surface area (Å²) >= 11 is 0. The van der Waals surface area contributed by atoms with Gasteiger partial charge in [-0.25, -0.2) is 0 Å². The topological polar surface area (TPSA) is 4.93 Å². The van der Waals surface area contributed by atoms with Gasteiger partial charge in [0.15, 0.2) is 0 Å². The average molecular weight is 700 g/mol. The van der Waals surface area contributed by atoms with E-state index < -0.39 is 0 Å². The smallest absolute Gasteiger partial charge is 0.0541 e. The van der Waals surface area contributed by atoms with Gasteiger partial charge in [0.1, 0.15) is 0 Å². The van der Waals surface area contributed by atoms with Crippen molar-refractivity contribution < 1.29 is 0 Å². The van der Waals surface area contributed by atoms with Crippen LogP contribution in [-0.4, -0.2) is 4.57 Å². The van der Waals surface area contributed by atoms with Crippen molar-refractivity contribution in [1.82, 2.24) is 4.57 Å². The van der Waals surface area contributed by atoms with Gasteiger partial charge in [-0.15, -0.1) is 0 Å². The highest BCUT2D eigenvalue weighted by Gasteiger charge is 2.21. The lowest BCUT2D eigenvalue weighted by molar-refractivity contribution is 1.06. The molecule has 0 saturated carbocycles. The lowest BCUT2D eigenvalue weighted by Crippen LogP contribution is -1.97. The highest BCUT2D eigenvalue weighted by molar-refractivity contribution is 6.20. The fourth-order valence-corrected chi connectivity index (χ4v) is 9.10. The van der Waals surface area contributed by atoms with Crippen LogP contribution in [0.25, 0.3) is 93.2 Å². The summed E-state index contributed by atoms with van der Waals surface area (Å²) < 4.78 is 2.41. The molecule has 0 atom stereocenters. The summed E-state index contributed by atoms with van der Waals surface area (Å²) in [5.74, 6) is 0. The number of benzene rings is 9. The molecular formula is C54H37N. The van der Waals surface area contributed by atoms with Crippen LogP contribution in [0.15, 0.2) is 200 Å². The van der Waals surface area contributed by atoms with Crippen molar-refractivity contribution in [2.75, 3.05) is 0 Å². The normalized spacial score (nSPS) is 13.2. The van der Waals surface area contributed by atoms with E-state index in [9.17, 15) is 0 Å². The molecule has 0 bridgehead atoms. The Morgan fingerprint density at radius 2 is 0.909 bits per heavy atom. The lowest BCUT2D eigenvalue weighted by atomic mass is 9.82. The summed E-state index contributed by atoms with van der Waals surface area (Å²) in [5.41, 5.74) is 13.9. The molecule has 11 rings (SSSR count). The van der Waals surface area contributed by atoms with E-state index in [0.29, 0.717) is 0 Å². The zero-order chi connectivity index (χ0) is 36.3. The monoisotopic (exact) mass is 699 g/mol. The second-order valence-electron chi connectivity index (χ2n) is 14.8. The predicted octanol–water partition coefficient (Wildman–Crippen LogP) is 14.8. The van der Waals surface area contributed by atoms with E-state index in [4.69, 9.17) is 0 Å². The van der Waals surface area contributed by atoms with E-state index in [1.54, 1.807) is 0 Å². The summed E-state index contributed by atoms with van der Waals surface area (Å²) in [7, 11) is 0. The van der Waals surface area contributed by atoms with E-state index in [0.717, 1.165) is 12.8 Å². The third-order valence-electron chi connectivity index (χ3n) is 11.6. The minimum Gasteiger partial charge on any atom is -0.309 e. The Kier molecular flexibility index (Phi) is 7.38. The molecule has 9 aromatic carbocycles. The zero-order valence-corrected chi connectivity index (χ0v) is 30.4. The maximum absolute atomic E-state index is 2.47. The third kappa shape index (κ3) is 5.23. The summed E-state index contributed by atoms with van der Waals surface area (Å²) in [4.78, 5) is 0. The summed E-state index contributed by atoms with van der Waals surface area (Å²) in [6.07, 6.45) is 6.91. The number of allylic oxidation sites excluding steroid dienone is 4. The van der Waals surface area contributed by atoms with Gasteiger partial charge in [0.05, 0.1) is 11.0 Å². The van der Waals surface area contributed by atoms with E-state index in [1.165, 1.54) is 104 Å². The van der Waals surface area contributed by atoms with Gasteiger partial charge >= 0.3 is 0 Å². The third-order valence-corrected chi connectivity index (χ3v) is 11.6. The molecule has 1 aliphatic rings. The Morgan fingerprint density at radius 3 is 1.60 bits per heavy atom. The summed E-state index contributed by atoms with van der Waals surface area (Å²) in [6.45, 7) is 0. The molecule has 0 saturated heterocycles. The molecule has 0 radical (unpaired) electrons. The maximum Gasteiger partial charge on any atom is 0.0541 e. The van der Waals surface area contributed by atoms with Gasteiger partial charge in [-0.2, -0.15) is 0 Å². The lowest BCUT2D eigenvalue weighted by Gasteiger charge is -2.21. The second-order valence-corrected chi connectivity index (χ2v) is 14.8. The van der Waals surface area contributed by atoms with Crippen molar-refractivity contribution in [3.63, 3.8) is 0 Å². The van der Waals surface area contributed by atoms with Crippen molar-refractivity contribution in [3.8, 4) is 27.9 Å². The first-order valence-electron chi connectivity index (χ1n) is 19.3. The highest BCUT2D eigenvalue weighted by atomic mass is 15.0. The van der Waals surface area contributed by atoms with Gasteiger partial charge in [0.25, 0.3) is 0 Å². The van der Waals surface area contributed by atoms with Gasteiger partial charge in [0.2, 0.25) is 0 Å². The Hall–Kier alpha value is -6.96. The minimum absolute atomic E-state index is 0.998. The van der Waals surface area contributed by atoms with Crippen molar-refractivity contribution in [2.45, 2.75) is 12.8 Å². The van der Waals surface area contributed by atoms with E-state index in [2.05, 4.69) is 205 Å². The Balaban J connectivity index is 1.09. The van der Waals surface area contributed by atoms with Gasteiger partial charge in [-0.3, -0.25) is 0 Å². The van der Waals surface area contributed by atoms with Crippen LogP contribution in [0.3, 0.4) is 0 Å². The largest absolute Gasteiger partial charge is 0.309 e. The van der Waals surface area contributed by atoms with Crippen LogP contribution in [0.5, 0.6) is 0 Å². The minimum atomic E-state index is 0.998. The van der Waals surface area contributed by atoms with Crippen LogP contribution >= 0.6 is 0 Å². The van der Waals surface area contributed by atoms with Crippen molar-refractivity contribution in [2.24, 2.45) is 0 Å².